The summed E-state index contributed by atoms with van der Waals surface area (Å²) in [6, 6.07) is 6.03. The summed E-state index contributed by atoms with van der Waals surface area (Å²) in [5.41, 5.74) is 0.784. The minimum absolute atomic E-state index is 0.240. The third-order valence-electron chi connectivity index (χ3n) is 3.03. The second-order valence-electron chi connectivity index (χ2n) is 4.15. The van der Waals surface area contributed by atoms with Gasteiger partial charge in [-0.1, -0.05) is 6.92 Å². The lowest BCUT2D eigenvalue weighted by Gasteiger charge is -2.09. The van der Waals surface area contributed by atoms with Crippen molar-refractivity contribution in [2.45, 2.75) is 19.4 Å². The molecule has 0 radical (unpaired) electrons. The maximum Gasteiger partial charge on any atom is 0.211 e. The molecule has 0 saturated heterocycles. The lowest BCUT2D eigenvalue weighted by molar-refractivity contribution is 0.373. The van der Waals surface area contributed by atoms with Crippen LogP contribution in [-0.2, 0) is 7.05 Å². The van der Waals surface area contributed by atoms with Gasteiger partial charge in [0.05, 0.1) is 13.2 Å². The number of nitrogens with zero attached hydrogens (tertiary/aromatic N) is 2. The van der Waals surface area contributed by atoms with Crippen molar-refractivity contribution < 1.29 is 9.15 Å². The second kappa shape index (κ2) is 5.27. The Balaban J connectivity index is 2.28. The number of methoxy groups -OCH3 is 1. The fourth-order valence-corrected chi connectivity index (χ4v) is 1.99. The van der Waals surface area contributed by atoms with Crippen LogP contribution >= 0.6 is 0 Å². The highest BCUT2D eigenvalue weighted by Gasteiger charge is 2.15. The molecule has 0 aliphatic carbocycles. The molecule has 1 atom stereocenters. The molecule has 0 saturated carbocycles. The summed E-state index contributed by atoms with van der Waals surface area (Å²) in [6.45, 7) is 2.12. The van der Waals surface area contributed by atoms with Gasteiger partial charge in [-0.3, -0.25) is 0 Å². The molecular weight excluding hydrogens is 230 g/mol. The number of ether oxygens (including phenoxy) is 1. The molecule has 2 aromatic rings. The Morgan fingerprint density at radius 1 is 1.50 bits per heavy atom. The Morgan fingerprint density at radius 3 is 2.83 bits per heavy atom. The topological polar surface area (TPSA) is 52.2 Å². The summed E-state index contributed by atoms with van der Waals surface area (Å²) < 4.78 is 12.7. The Morgan fingerprint density at radius 2 is 2.28 bits per heavy atom. The first-order valence-corrected chi connectivity index (χ1v) is 6.05. The number of rotatable bonds is 5. The van der Waals surface area contributed by atoms with Crippen LogP contribution in [-0.4, -0.2) is 23.9 Å². The van der Waals surface area contributed by atoms with Crippen molar-refractivity contribution in [2.24, 2.45) is 7.05 Å². The second-order valence-corrected chi connectivity index (χ2v) is 4.15. The van der Waals surface area contributed by atoms with Crippen LogP contribution in [0.5, 0.6) is 5.88 Å². The first kappa shape index (κ1) is 12.7. The molecule has 2 heterocycles. The molecule has 5 heteroatoms. The van der Waals surface area contributed by atoms with Gasteiger partial charge in [-0.05, 0) is 25.6 Å². The van der Waals surface area contributed by atoms with Crippen molar-refractivity contribution in [3.8, 4) is 17.3 Å². The minimum Gasteiger partial charge on any atom is -0.481 e. The van der Waals surface area contributed by atoms with Crippen LogP contribution in [0.2, 0.25) is 0 Å². The van der Waals surface area contributed by atoms with Gasteiger partial charge < -0.3 is 14.5 Å². The van der Waals surface area contributed by atoms with Crippen LogP contribution in [0.15, 0.2) is 22.6 Å². The van der Waals surface area contributed by atoms with E-state index in [1.807, 2.05) is 32.3 Å². The predicted octanol–water partition coefficient (Wildman–Crippen LogP) is 2.36. The van der Waals surface area contributed by atoms with Gasteiger partial charge in [0.1, 0.15) is 11.5 Å². The average molecular weight is 249 g/mol. The molecule has 0 fully saturated rings. The molecule has 2 rings (SSSR count). The number of aryl methyl sites for hydroxylation is 1. The van der Waals surface area contributed by atoms with Gasteiger partial charge in [0.2, 0.25) is 5.88 Å². The molecule has 0 amide bonds. The number of hydrogen-bond donors (Lipinski definition) is 1. The first-order chi connectivity index (χ1) is 8.69. The molecule has 0 spiro atoms. The van der Waals surface area contributed by atoms with Crippen LogP contribution < -0.4 is 10.1 Å². The normalized spacial score (nSPS) is 12.7. The molecule has 98 valence electrons. The van der Waals surface area contributed by atoms with Crippen LogP contribution in [0.4, 0.5) is 0 Å². The van der Waals surface area contributed by atoms with Crippen molar-refractivity contribution >= 4 is 0 Å². The van der Waals surface area contributed by atoms with E-state index in [9.17, 15) is 0 Å². The van der Waals surface area contributed by atoms with E-state index >= 15 is 0 Å². The number of nitrogens with one attached hydrogen (secondary N) is 1. The molecular formula is C13H19N3O2. The van der Waals surface area contributed by atoms with Crippen molar-refractivity contribution in [3.05, 3.63) is 24.0 Å². The molecule has 18 heavy (non-hydrogen) atoms. The van der Waals surface area contributed by atoms with E-state index in [-0.39, 0.29) is 6.04 Å². The zero-order chi connectivity index (χ0) is 13.1. The summed E-state index contributed by atoms with van der Waals surface area (Å²) in [5, 5.41) is 7.57. The van der Waals surface area contributed by atoms with Crippen LogP contribution in [0, 0.1) is 0 Å². The van der Waals surface area contributed by atoms with Crippen molar-refractivity contribution in [2.75, 3.05) is 14.2 Å². The predicted molar refractivity (Wildman–Crippen MR) is 69.6 cm³/mol. The smallest absolute Gasteiger partial charge is 0.211 e. The van der Waals surface area contributed by atoms with Crippen molar-refractivity contribution in [1.82, 2.24) is 15.1 Å². The summed E-state index contributed by atoms with van der Waals surface area (Å²) in [4.78, 5) is 0. The third kappa shape index (κ3) is 2.26. The van der Waals surface area contributed by atoms with E-state index in [0.717, 1.165) is 23.6 Å². The van der Waals surface area contributed by atoms with Gasteiger partial charge in [-0.25, -0.2) is 4.68 Å². The number of hydrogen-bond acceptors (Lipinski definition) is 4. The fraction of sp³-hybridized carbons (Fsp3) is 0.462. The largest absolute Gasteiger partial charge is 0.481 e. The van der Waals surface area contributed by atoms with Crippen molar-refractivity contribution in [3.63, 3.8) is 0 Å². The number of aromatic nitrogens is 2. The van der Waals surface area contributed by atoms with E-state index in [4.69, 9.17) is 9.15 Å². The SMILES string of the molecule is CCC(NC)c1ccc(-c2cc(OC)n(C)n2)o1. The Bertz CT molecular complexity index is 512. The molecule has 1 N–H and O–H groups in total. The lowest BCUT2D eigenvalue weighted by Crippen LogP contribution is -2.14. The Kier molecular flexibility index (Phi) is 3.72. The lowest BCUT2D eigenvalue weighted by atomic mass is 10.2. The van der Waals surface area contributed by atoms with Gasteiger partial charge in [0, 0.05) is 13.1 Å². The van der Waals surface area contributed by atoms with Gasteiger partial charge >= 0.3 is 0 Å². The molecule has 2 aromatic heterocycles. The maximum absolute atomic E-state index is 5.83. The molecule has 0 bridgehead atoms. The quantitative estimate of drug-likeness (QED) is 0.883. The van der Waals surface area contributed by atoms with Crippen molar-refractivity contribution in [1.29, 1.82) is 0 Å². The van der Waals surface area contributed by atoms with Gasteiger partial charge in [-0.15, -0.1) is 0 Å². The molecule has 0 aromatic carbocycles. The third-order valence-corrected chi connectivity index (χ3v) is 3.03. The molecule has 0 aliphatic heterocycles. The highest BCUT2D eigenvalue weighted by molar-refractivity contribution is 5.54. The average Bonchev–Trinajstić information content (AvgIpc) is 2.97. The standard InChI is InChI=1S/C13H19N3O2/c1-5-9(14-2)11-6-7-12(18-11)10-8-13(17-4)16(3)15-10/h6-9,14H,5H2,1-4H3. The maximum atomic E-state index is 5.83. The fourth-order valence-electron chi connectivity index (χ4n) is 1.99. The van der Waals surface area contributed by atoms with E-state index in [0.29, 0.717) is 5.88 Å². The summed E-state index contributed by atoms with van der Waals surface area (Å²) >= 11 is 0. The van der Waals surface area contributed by atoms with E-state index in [1.54, 1.807) is 11.8 Å². The van der Waals surface area contributed by atoms with Crippen LogP contribution in [0.25, 0.3) is 11.5 Å². The highest BCUT2D eigenvalue weighted by atomic mass is 16.5. The molecule has 5 nitrogen and oxygen atoms in total. The van der Waals surface area contributed by atoms with Gasteiger partial charge in [0.15, 0.2) is 5.76 Å². The summed E-state index contributed by atoms with van der Waals surface area (Å²) in [6.07, 6.45) is 0.981. The Hall–Kier alpha value is -1.75. The molecule has 1 unspecified atom stereocenters. The van der Waals surface area contributed by atoms with Gasteiger partial charge in [0.25, 0.3) is 0 Å². The van der Waals surface area contributed by atoms with E-state index < -0.39 is 0 Å². The Labute approximate surface area is 107 Å². The number of furan rings is 1. The molecule has 0 aliphatic rings. The zero-order valence-electron chi connectivity index (χ0n) is 11.2. The minimum atomic E-state index is 0.240. The van der Waals surface area contributed by atoms with Crippen LogP contribution in [0.3, 0.4) is 0 Å². The van der Waals surface area contributed by atoms with Crippen LogP contribution in [0.1, 0.15) is 25.1 Å². The summed E-state index contributed by atoms with van der Waals surface area (Å²) in [5.74, 6) is 2.40. The summed E-state index contributed by atoms with van der Waals surface area (Å²) in [7, 11) is 5.40. The van der Waals surface area contributed by atoms with E-state index in [1.165, 1.54) is 0 Å². The monoisotopic (exact) mass is 249 g/mol. The first-order valence-electron chi connectivity index (χ1n) is 6.05. The zero-order valence-corrected chi connectivity index (χ0v) is 11.2. The van der Waals surface area contributed by atoms with E-state index in [2.05, 4.69) is 17.3 Å². The highest BCUT2D eigenvalue weighted by Crippen LogP contribution is 2.27. The van der Waals surface area contributed by atoms with Gasteiger partial charge in [-0.2, -0.15) is 5.10 Å².